The minimum Gasteiger partial charge on any atom is -0.324 e. The standard InChI is InChI=1S/C20H13ClF3N5O2/c21-13-7-5-12(6-8-13)16-9-17-19(31)28(25-11-29(17)27-16)10-18(30)26-15-4-2-1-3-14(15)20(22,23)24/h1-9,11H,10H2,(H,26,30). The lowest BCUT2D eigenvalue weighted by Crippen LogP contribution is -2.31. The van der Waals surface area contributed by atoms with Gasteiger partial charge in [0.05, 0.1) is 16.9 Å². The van der Waals surface area contributed by atoms with E-state index in [0.29, 0.717) is 10.7 Å². The molecule has 1 amide bonds. The van der Waals surface area contributed by atoms with E-state index in [2.05, 4.69) is 15.5 Å². The number of benzene rings is 2. The molecule has 2 aromatic carbocycles. The smallest absolute Gasteiger partial charge is 0.324 e. The number of hydrogen-bond donors (Lipinski definition) is 1. The molecular formula is C20H13ClF3N5O2. The second-order valence-corrected chi connectivity index (χ2v) is 6.99. The van der Waals surface area contributed by atoms with Gasteiger partial charge in [-0.05, 0) is 30.3 Å². The first kappa shape index (κ1) is 20.6. The number of aromatic nitrogens is 4. The average Bonchev–Trinajstić information content (AvgIpc) is 3.15. The molecule has 7 nitrogen and oxygen atoms in total. The van der Waals surface area contributed by atoms with Gasteiger partial charge in [-0.25, -0.2) is 9.20 Å². The topological polar surface area (TPSA) is 81.3 Å². The van der Waals surface area contributed by atoms with Crippen LogP contribution in [0.4, 0.5) is 18.9 Å². The van der Waals surface area contributed by atoms with Crippen molar-refractivity contribution < 1.29 is 18.0 Å². The van der Waals surface area contributed by atoms with E-state index in [9.17, 15) is 22.8 Å². The lowest BCUT2D eigenvalue weighted by molar-refractivity contribution is -0.137. The first-order valence-electron chi connectivity index (χ1n) is 8.90. The maximum atomic E-state index is 13.1. The third-order valence-corrected chi connectivity index (χ3v) is 4.68. The van der Waals surface area contributed by atoms with Crippen molar-refractivity contribution in [3.8, 4) is 11.3 Å². The van der Waals surface area contributed by atoms with Crippen LogP contribution >= 0.6 is 11.6 Å². The van der Waals surface area contributed by atoms with Crippen molar-refractivity contribution in [3.63, 3.8) is 0 Å². The molecule has 4 aromatic rings. The van der Waals surface area contributed by atoms with Gasteiger partial charge in [-0.15, -0.1) is 0 Å². The van der Waals surface area contributed by atoms with Gasteiger partial charge in [-0.2, -0.15) is 23.4 Å². The lowest BCUT2D eigenvalue weighted by Gasteiger charge is -2.13. The van der Waals surface area contributed by atoms with Crippen LogP contribution < -0.4 is 10.9 Å². The average molecular weight is 448 g/mol. The minimum atomic E-state index is -4.63. The molecule has 0 unspecified atom stereocenters. The van der Waals surface area contributed by atoms with Crippen LogP contribution in [-0.4, -0.2) is 25.3 Å². The summed E-state index contributed by atoms with van der Waals surface area (Å²) in [5.74, 6) is -0.826. The normalized spacial score (nSPS) is 11.6. The molecule has 0 aliphatic carbocycles. The summed E-state index contributed by atoms with van der Waals surface area (Å²) in [7, 11) is 0. The summed E-state index contributed by atoms with van der Waals surface area (Å²) >= 11 is 5.88. The van der Waals surface area contributed by atoms with E-state index in [1.807, 2.05) is 0 Å². The molecule has 0 bridgehead atoms. The van der Waals surface area contributed by atoms with Crippen molar-refractivity contribution in [1.29, 1.82) is 0 Å². The van der Waals surface area contributed by atoms with Crippen LogP contribution in [0.25, 0.3) is 16.8 Å². The van der Waals surface area contributed by atoms with Crippen LogP contribution in [0.2, 0.25) is 5.02 Å². The summed E-state index contributed by atoms with van der Waals surface area (Å²) in [5.41, 5.74) is -0.624. The second-order valence-electron chi connectivity index (χ2n) is 6.55. The fourth-order valence-corrected chi connectivity index (χ4v) is 3.10. The first-order chi connectivity index (χ1) is 14.7. The Balaban J connectivity index is 1.59. The molecule has 2 heterocycles. The number of nitrogens with zero attached hydrogens (tertiary/aromatic N) is 4. The van der Waals surface area contributed by atoms with Crippen molar-refractivity contribution in [2.75, 3.05) is 5.32 Å². The lowest BCUT2D eigenvalue weighted by atomic mass is 10.1. The zero-order valence-electron chi connectivity index (χ0n) is 15.6. The number of para-hydroxylation sites is 1. The van der Waals surface area contributed by atoms with Gasteiger partial charge in [0.1, 0.15) is 18.4 Å². The highest BCUT2D eigenvalue weighted by Crippen LogP contribution is 2.34. The van der Waals surface area contributed by atoms with Gasteiger partial charge in [0.25, 0.3) is 5.56 Å². The van der Waals surface area contributed by atoms with Crippen molar-refractivity contribution in [2.24, 2.45) is 0 Å². The van der Waals surface area contributed by atoms with Crippen molar-refractivity contribution in [1.82, 2.24) is 19.4 Å². The predicted octanol–water partition coefficient (Wildman–Crippen LogP) is 3.87. The van der Waals surface area contributed by atoms with Crippen molar-refractivity contribution >= 4 is 28.7 Å². The van der Waals surface area contributed by atoms with Crippen LogP contribution in [0.15, 0.2) is 65.7 Å². The summed E-state index contributed by atoms with van der Waals surface area (Å²) < 4.78 is 41.4. The Morgan fingerprint density at radius 1 is 1.10 bits per heavy atom. The van der Waals surface area contributed by atoms with E-state index < -0.39 is 35.4 Å². The molecule has 158 valence electrons. The van der Waals surface area contributed by atoms with Crippen LogP contribution in [-0.2, 0) is 17.5 Å². The Morgan fingerprint density at radius 3 is 2.52 bits per heavy atom. The zero-order chi connectivity index (χ0) is 22.2. The molecule has 0 atom stereocenters. The highest BCUT2D eigenvalue weighted by molar-refractivity contribution is 6.30. The summed E-state index contributed by atoms with van der Waals surface area (Å²) in [6, 6.07) is 12.9. The predicted molar refractivity (Wildman–Crippen MR) is 108 cm³/mol. The number of anilines is 1. The van der Waals surface area contributed by atoms with Gasteiger partial charge in [0.15, 0.2) is 0 Å². The molecule has 1 N–H and O–H groups in total. The number of nitrogens with one attached hydrogen (secondary N) is 1. The third kappa shape index (κ3) is 4.29. The molecular weight excluding hydrogens is 435 g/mol. The quantitative estimate of drug-likeness (QED) is 0.515. The molecule has 0 saturated heterocycles. The monoisotopic (exact) mass is 447 g/mol. The number of fused-ring (bicyclic) bond motifs is 1. The molecule has 0 radical (unpaired) electrons. The summed E-state index contributed by atoms with van der Waals surface area (Å²) in [6.45, 7) is -0.566. The molecule has 4 rings (SSSR count). The van der Waals surface area contributed by atoms with Crippen molar-refractivity contribution in [3.05, 3.63) is 81.9 Å². The van der Waals surface area contributed by atoms with Crippen LogP contribution in [0, 0.1) is 0 Å². The van der Waals surface area contributed by atoms with Crippen LogP contribution in [0.5, 0.6) is 0 Å². The SMILES string of the molecule is O=C(Cn1ncn2nc(-c3ccc(Cl)cc3)cc2c1=O)Nc1ccccc1C(F)(F)F. The molecule has 31 heavy (non-hydrogen) atoms. The molecule has 11 heteroatoms. The van der Waals surface area contributed by atoms with E-state index >= 15 is 0 Å². The minimum absolute atomic E-state index is 0.156. The Hall–Kier alpha value is -3.66. The van der Waals surface area contributed by atoms with Crippen LogP contribution in [0.1, 0.15) is 5.56 Å². The largest absolute Gasteiger partial charge is 0.418 e. The number of hydrogen-bond acceptors (Lipinski definition) is 4. The van der Waals surface area contributed by atoms with Gasteiger partial charge in [-0.3, -0.25) is 9.59 Å². The maximum Gasteiger partial charge on any atom is 0.418 e. The van der Waals surface area contributed by atoms with E-state index in [0.717, 1.165) is 22.4 Å². The van der Waals surface area contributed by atoms with E-state index in [4.69, 9.17) is 11.6 Å². The molecule has 0 aliphatic rings. The fourth-order valence-electron chi connectivity index (χ4n) is 2.98. The Morgan fingerprint density at radius 2 is 1.81 bits per heavy atom. The second kappa shape index (κ2) is 7.88. The van der Waals surface area contributed by atoms with E-state index in [-0.39, 0.29) is 5.52 Å². The summed E-state index contributed by atoms with van der Waals surface area (Å²) in [4.78, 5) is 25.0. The first-order valence-corrected chi connectivity index (χ1v) is 9.28. The Bertz CT molecular complexity index is 1330. The zero-order valence-corrected chi connectivity index (χ0v) is 16.4. The molecule has 2 aromatic heterocycles. The molecule has 0 spiro atoms. The number of amides is 1. The summed E-state index contributed by atoms with van der Waals surface area (Å²) in [6.07, 6.45) is -3.39. The van der Waals surface area contributed by atoms with Gasteiger partial charge in [-0.1, -0.05) is 35.9 Å². The van der Waals surface area contributed by atoms with Crippen LogP contribution in [0.3, 0.4) is 0 Å². The third-order valence-electron chi connectivity index (χ3n) is 4.43. The fraction of sp³-hybridized carbons (Fsp3) is 0.100. The maximum absolute atomic E-state index is 13.1. The number of rotatable bonds is 4. The molecule has 0 fully saturated rings. The highest BCUT2D eigenvalue weighted by Gasteiger charge is 2.33. The Kier molecular flexibility index (Phi) is 5.24. The number of carbonyl (C=O) groups is 1. The van der Waals surface area contributed by atoms with Gasteiger partial charge >= 0.3 is 6.18 Å². The molecule has 0 aliphatic heterocycles. The van der Waals surface area contributed by atoms with Crippen molar-refractivity contribution in [2.45, 2.75) is 12.7 Å². The molecule has 0 saturated carbocycles. The number of halogens is 4. The Labute approximate surface area is 177 Å². The highest BCUT2D eigenvalue weighted by atomic mass is 35.5. The van der Waals surface area contributed by atoms with Gasteiger partial charge < -0.3 is 5.32 Å². The van der Waals surface area contributed by atoms with E-state index in [1.54, 1.807) is 24.3 Å². The number of carbonyl (C=O) groups excluding carboxylic acids is 1. The van der Waals surface area contributed by atoms with E-state index in [1.165, 1.54) is 29.0 Å². The number of alkyl halides is 3. The summed E-state index contributed by atoms with van der Waals surface area (Å²) in [5, 5.41) is 10.9. The van der Waals surface area contributed by atoms with Gasteiger partial charge in [0, 0.05) is 10.6 Å². The van der Waals surface area contributed by atoms with Gasteiger partial charge in [0.2, 0.25) is 5.91 Å².